The van der Waals surface area contributed by atoms with E-state index < -0.39 is 44.7 Å². The zero-order valence-electron chi connectivity index (χ0n) is 14.5. The molecule has 148 valence electrons. The smallest absolute Gasteiger partial charge is 0.190 e. The van der Waals surface area contributed by atoms with E-state index in [-0.39, 0.29) is 40.3 Å². The largest absolute Gasteiger partial charge is 0.506 e. The fourth-order valence-electron chi connectivity index (χ4n) is 3.54. The van der Waals surface area contributed by atoms with Gasteiger partial charge in [0.1, 0.15) is 23.0 Å². The van der Waals surface area contributed by atoms with E-state index >= 15 is 0 Å². The van der Waals surface area contributed by atoms with Crippen molar-refractivity contribution in [2.45, 2.75) is 0 Å². The highest BCUT2D eigenvalue weighted by Gasteiger charge is 2.24. The summed E-state index contributed by atoms with van der Waals surface area (Å²) in [5.74, 6) is -2.27. The Morgan fingerprint density at radius 3 is 0.833 bits per heavy atom. The molecule has 10 heteroatoms. The molecule has 0 radical (unpaired) electrons. The number of phenolic OH excluding ortho intramolecular Hbond substituents is 4. The Bertz CT molecular complexity index is 1550. The van der Waals surface area contributed by atoms with Crippen LogP contribution in [0.3, 0.4) is 0 Å². The minimum absolute atomic E-state index is 0.0278. The Labute approximate surface area is 171 Å². The van der Waals surface area contributed by atoms with Crippen LogP contribution in [0.25, 0.3) is 40.3 Å². The average molecular weight is 440 g/mol. The lowest BCUT2D eigenvalue weighted by Gasteiger charge is -2.11. The van der Waals surface area contributed by atoms with Gasteiger partial charge in [0, 0.05) is 0 Å². The summed E-state index contributed by atoms with van der Waals surface area (Å²) in [6.45, 7) is 0. The van der Waals surface area contributed by atoms with Gasteiger partial charge in [-0.1, -0.05) is 0 Å². The van der Waals surface area contributed by atoms with Crippen molar-refractivity contribution in [1.82, 2.24) is 0 Å². The Balaban J connectivity index is 2.16. The van der Waals surface area contributed by atoms with E-state index in [1.165, 1.54) is 0 Å². The van der Waals surface area contributed by atoms with E-state index in [9.17, 15) is 39.6 Å². The fraction of sp³-hybridized carbons (Fsp3) is 0. The van der Waals surface area contributed by atoms with Crippen LogP contribution in [0.4, 0.5) is 0 Å². The van der Waals surface area contributed by atoms with Gasteiger partial charge in [-0.05, 0) is 24.3 Å². The van der Waals surface area contributed by atoms with Crippen LogP contribution in [0, 0.1) is 0 Å². The highest BCUT2D eigenvalue weighted by atomic mass is 32.1. The maximum Gasteiger partial charge on any atom is 0.190 e. The molecule has 0 spiro atoms. The normalized spacial score (nSPS) is 11.7. The zero-order valence-corrected chi connectivity index (χ0v) is 16.2. The topological polar surface area (TPSA) is 149 Å². The van der Waals surface area contributed by atoms with Gasteiger partial charge in [-0.15, -0.1) is 22.7 Å². The molecule has 0 atom stereocenters. The van der Waals surface area contributed by atoms with Crippen molar-refractivity contribution in [2.75, 3.05) is 0 Å². The van der Waals surface area contributed by atoms with E-state index in [0.29, 0.717) is 22.7 Å². The fourth-order valence-corrected chi connectivity index (χ4v) is 6.00. The first kappa shape index (κ1) is 18.3. The average Bonchev–Trinajstić information content (AvgIpc) is 2.72. The molecule has 0 aliphatic carbocycles. The minimum Gasteiger partial charge on any atom is -0.506 e. The second kappa shape index (κ2) is 5.88. The zero-order chi connectivity index (χ0) is 21.5. The van der Waals surface area contributed by atoms with Crippen molar-refractivity contribution in [3.05, 3.63) is 65.2 Å². The molecular formula is C20H8O8S2. The molecule has 30 heavy (non-hydrogen) atoms. The van der Waals surface area contributed by atoms with Crippen LogP contribution in [-0.2, 0) is 0 Å². The van der Waals surface area contributed by atoms with Crippen LogP contribution in [-0.4, -0.2) is 20.4 Å². The van der Waals surface area contributed by atoms with Crippen LogP contribution < -0.4 is 21.7 Å². The lowest BCUT2D eigenvalue weighted by Crippen LogP contribution is -2.09. The highest BCUT2D eigenvalue weighted by Crippen LogP contribution is 2.51. The van der Waals surface area contributed by atoms with Gasteiger partial charge < -0.3 is 20.4 Å². The third kappa shape index (κ3) is 2.14. The molecule has 4 N–H and O–H groups in total. The van der Waals surface area contributed by atoms with Crippen molar-refractivity contribution in [3.63, 3.8) is 0 Å². The summed E-state index contributed by atoms with van der Waals surface area (Å²) in [5, 5.41) is 41.3. The maximum absolute atomic E-state index is 12.2. The highest BCUT2D eigenvalue weighted by molar-refractivity contribution is 7.37. The van der Waals surface area contributed by atoms with Crippen molar-refractivity contribution in [3.8, 4) is 23.0 Å². The van der Waals surface area contributed by atoms with Crippen molar-refractivity contribution >= 4 is 63.0 Å². The standard InChI is InChI=1S/C20H8O8S2/c21-5-1-2-6(22)10-9(5)13(25)17-18(14(10)26)30-20-16(28)12-8(24)4-3-7(23)11(12)15(27)19(20)29-17/h1-4,25-28H. The van der Waals surface area contributed by atoms with Crippen LogP contribution in [0.15, 0.2) is 43.4 Å². The van der Waals surface area contributed by atoms with Crippen molar-refractivity contribution < 1.29 is 20.4 Å². The lowest BCUT2D eigenvalue weighted by atomic mass is 10.1. The van der Waals surface area contributed by atoms with Crippen LogP contribution in [0.1, 0.15) is 0 Å². The van der Waals surface area contributed by atoms with E-state index in [4.69, 9.17) is 0 Å². The van der Waals surface area contributed by atoms with Gasteiger partial charge in [0.2, 0.25) is 0 Å². The third-order valence-corrected chi connectivity index (χ3v) is 7.55. The number of aromatic hydroxyl groups is 4. The quantitative estimate of drug-likeness (QED) is 0.211. The molecule has 0 unspecified atom stereocenters. The summed E-state index contributed by atoms with van der Waals surface area (Å²) in [4.78, 5) is 48.9. The van der Waals surface area contributed by atoms with Crippen molar-refractivity contribution in [1.29, 1.82) is 0 Å². The van der Waals surface area contributed by atoms with Gasteiger partial charge in [-0.3, -0.25) is 19.2 Å². The summed E-state index contributed by atoms with van der Waals surface area (Å²) < 4.78 is -0.111. The number of hydrogen-bond donors (Lipinski definition) is 4. The molecule has 0 bridgehead atoms. The first-order chi connectivity index (χ1) is 14.2. The Morgan fingerprint density at radius 1 is 0.433 bits per heavy atom. The molecular weight excluding hydrogens is 432 g/mol. The molecule has 0 aliphatic heterocycles. The molecule has 0 amide bonds. The summed E-state index contributed by atoms with van der Waals surface area (Å²) >= 11 is 1.40. The second-order valence-electron chi connectivity index (χ2n) is 6.54. The molecule has 0 saturated heterocycles. The van der Waals surface area contributed by atoms with E-state index in [2.05, 4.69) is 0 Å². The van der Waals surface area contributed by atoms with Crippen LogP contribution >= 0.6 is 22.7 Å². The van der Waals surface area contributed by atoms with Gasteiger partial charge in [0.15, 0.2) is 21.7 Å². The minimum atomic E-state index is -0.681. The third-order valence-electron chi connectivity index (χ3n) is 4.89. The van der Waals surface area contributed by atoms with Crippen LogP contribution in [0.5, 0.6) is 23.0 Å². The SMILES string of the molecule is O=c1ccc(=O)c2c(O)c3sc4c(O)c5c(=O)ccc(=O)c5c(O)c4sc3c(O)c12. The molecule has 0 saturated carbocycles. The molecule has 1 heterocycles. The summed E-state index contributed by atoms with van der Waals surface area (Å²) in [6, 6.07) is 3.89. The molecule has 1 aromatic heterocycles. The molecule has 5 aromatic rings. The summed E-state index contributed by atoms with van der Waals surface area (Å²) in [6.07, 6.45) is 0. The predicted molar refractivity (Wildman–Crippen MR) is 115 cm³/mol. The molecule has 8 nitrogen and oxygen atoms in total. The maximum atomic E-state index is 12.2. The van der Waals surface area contributed by atoms with Gasteiger partial charge >= 0.3 is 0 Å². The monoisotopic (exact) mass is 440 g/mol. The lowest BCUT2D eigenvalue weighted by molar-refractivity contribution is 0.478. The van der Waals surface area contributed by atoms with Gasteiger partial charge in [-0.25, -0.2) is 0 Å². The second-order valence-corrected chi connectivity index (χ2v) is 8.58. The van der Waals surface area contributed by atoms with E-state index in [1.54, 1.807) is 0 Å². The molecule has 5 rings (SSSR count). The number of fused-ring (bicyclic) bond motifs is 4. The Morgan fingerprint density at radius 2 is 0.633 bits per heavy atom. The molecule has 0 fully saturated rings. The Hall–Kier alpha value is -3.76. The number of hydrogen-bond acceptors (Lipinski definition) is 10. The molecule has 4 aromatic carbocycles. The molecule has 0 aliphatic rings. The van der Waals surface area contributed by atoms with Crippen LogP contribution in [0.2, 0.25) is 0 Å². The predicted octanol–water partition coefficient (Wildman–Crippen LogP) is 2.12. The number of phenols is 4. The number of benzene rings is 4. The van der Waals surface area contributed by atoms with E-state index in [0.717, 1.165) is 24.3 Å². The first-order valence-corrected chi connectivity index (χ1v) is 9.98. The summed E-state index contributed by atoms with van der Waals surface area (Å²) in [7, 11) is 0. The Kier molecular flexibility index (Phi) is 3.58. The summed E-state index contributed by atoms with van der Waals surface area (Å²) in [5.41, 5.74) is -2.72. The first-order valence-electron chi connectivity index (χ1n) is 8.35. The van der Waals surface area contributed by atoms with Crippen molar-refractivity contribution in [2.24, 2.45) is 0 Å². The van der Waals surface area contributed by atoms with Gasteiger partial charge in [0.05, 0.1) is 40.3 Å². The van der Waals surface area contributed by atoms with Gasteiger partial charge in [0.25, 0.3) is 0 Å². The van der Waals surface area contributed by atoms with E-state index in [1.807, 2.05) is 0 Å². The number of rotatable bonds is 0. The van der Waals surface area contributed by atoms with Gasteiger partial charge in [-0.2, -0.15) is 0 Å².